The van der Waals surface area contributed by atoms with Crippen molar-refractivity contribution in [3.05, 3.63) is 0 Å². The van der Waals surface area contributed by atoms with E-state index >= 15 is 0 Å². The van der Waals surface area contributed by atoms with E-state index in [1.165, 1.54) is 38.5 Å². The van der Waals surface area contributed by atoms with Crippen LogP contribution in [0.3, 0.4) is 0 Å². The first-order chi connectivity index (χ1) is 10.7. The molecule has 0 N–H and O–H groups in total. The van der Waals surface area contributed by atoms with Gasteiger partial charge in [-0.25, -0.2) is 0 Å². The zero-order valence-corrected chi connectivity index (χ0v) is 15.5. The molecule has 0 aliphatic rings. The Kier molecular flexibility index (Phi) is 14.9. The molecule has 0 aromatic heterocycles. The Morgan fingerprint density at radius 1 is 0.955 bits per heavy atom. The smallest absolute Gasteiger partial charge is 0.307 e. The van der Waals surface area contributed by atoms with E-state index in [2.05, 4.69) is 32.6 Å². The highest BCUT2D eigenvalue weighted by molar-refractivity contribution is 5.69. The largest absolute Gasteiger partial charge is 0.466 e. The Bertz CT molecular complexity index is 256. The first-order valence-corrected chi connectivity index (χ1v) is 9.55. The maximum atomic E-state index is 11.8. The number of hydrogen-bond acceptors (Lipinski definition) is 3. The molecule has 0 aliphatic carbocycles. The van der Waals surface area contributed by atoms with Crippen LogP contribution in [0, 0.1) is 5.92 Å². The predicted octanol–water partition coefficient (Wildman–Crippen LogP) is 5.04. The standard InChI is InChI=1S/C19H39NO2/c1-5-9-12-18(8-4)17-20(14-10-6-2)15-13-19(21)22-16-11-7-3/h18H,5-17H2,1-4H3. The number of carbonyl (C=O) groups excluding carboxylic acids is 1. The molecule has 0 fully saturated rings. The van der Waals surface area contributed by atoms with Crippen LogP contribution >= 0.6 is 0 Å². The van der Waals surface area contributed by atoms with Crippen LogP contribution in [-0.4, -0.2) is 37.1 Å². The van der Waals surface area contributed by atoms with Crippen LogP contribution in [-0.2, 0) is 9.53 Å². The van der Waals surface area contributed by atoms with Gasteiger partial charge in [-0.05, 0) is 31.7 Å². The van der Waals surface area contributed by atoms with Crippen molar-refractivity contribution in [3.63, 3.8) is 0 Å². The van der Waals surface area contributed by atoms with Crippen LogP contribution in [0.25, 0.3) is 0 Å². The summed E-state index contributed by atoms with van der Waals surface area (Å²) in [5.74, 6) is 0.740. The van der Waals surface area contributed by atoms with Gasteiger partial charge in [-0.3, -0.25) is 4.79 Å². The number of carbonyl (C=O) groups is 1. The van der Waals surface area contributed by atoms with E-state index in [0.717, 1.165) is 38.4 Å². The molecule has 1 atom stereocenters. The second kappa shape index (κ2) is 15.3. The molecule has 0 spiro atoms. The number of rotatable bonds is 15. The summed E-state index contributed by atoms with van der Waals surface area (Å²) in [6.45, 7) is 12.6. The topological polar surface area (TPSA) is 29.5 Å². The fourth-order valence-corrected chi connectivity index (χ4v) is 2.61. The second-order valence-electron chi connectivity index (χ2n) is 6.39. The number of ether oxygens (including phenoxy) is 1. The molecule has 0 bridgehead atoms. The van der Waals surface area contributed by atoms with Crippen molar-refractivity contribution in [1.82, 2.24) is 4.90 Å². The summed E-state index contributed by atoms with van der Waals surface area (Å²) in [4.78, 5) is 14.3. The highest BCUT2D eigenvalue weighted by Gasteiger charge is 2.14. The average Bonchev–Trinajstić information content (AvgIpc) is 2.53. The van der Waals surface area contributed by atoms with E-state index in [1.54, 1.807) is 0 Å². The summed E-state index contributed by atoms with van der Waals surface area (Å²) in [5.41, 5.74) is 0. The predicted molar refractivity (Wildman–Crippen MR) is 95.1 cm³/mol. The molecule has 3 heteroatoms. The molecule has 0 rings (SSSR count). The lowest BCUT2D eigenvalue weighted by atomic mass is 9.98. The Morgan fingerprint density at radius 2 is 1.64 bits per heavy atom. The summed E-state index contributed by atoms with van der Waals surface area (Å²) in [7, 11) is 0. The number of esters is 1. The third-order valence-corrected chi connectivity index (χ3v) is 4.28. The maximum absolute atomic E-state index is 11.8. The first-order valence-electron chi connectivity index (χ1n) is 9.55. The molecule has 0 aromatic carbocycles. The normalized spacial score (nSPS) is 12.6. The molecule has 0 radical (unpaired) electrons. The van der Waals surface area contributed by atoms with Gasteiger partial charge in [0.25, 0.3) is 0 Å². The number of nitrogens with zero attached hydrogens (tertiary/aromatic N) is 1. The van der Waals surface area contributed by atoms with Crippen LogP contribution in [0.2, 0.25) is 0 Å². The summed E-state index contributed by atoms with van der Waals surface area (Å²) in [6, 6.07) is 0. The molecule has 0 heterocycles. The van der Waals surface area contributed by atoms with Crippen LogP contribution in [0.4, 0.5) is 0 Å². The van der Waals surface area contributed by atoms with Crippen molar-refractivity contribution in [1.29, 1.82) is 0 Å². The maximum Gasteiger partial charge on any atom is 0.307 e. The highest BCUT2D eigenvalue weighted by atomic mass is 16.5. The van der Waals surface area contributed by atoms with Crippen molar-refractivity contribution in [2.75, 3.05) is 26.2 Å². The van der Waals surface area contributed by atoms with Crippen LogP contribution in [0.15, 0.2) is 0 Å². The monoisotopic (exact) mass is 313 g/mol. The molecule has 0 aliphatic heterocycles. The van der Waals surface area contributed by atoms with Crippen LogP contribution in [0.5, 0.6) is 0 Å². The minimum Gasteiger partial charge on any atom is -0.466 e. The van der Waals surface area contributed by atoms with Crippen LogP contribution in [0.1, 0.15) is 85.5 Å². The zero-order chi connectivity index (χ0) is 16.6. The van der Waals surface area contributed by atoms with Gasteiger partial charge in [0, 0.05) is 13.1 Å². The van der Waals surface area contributed by atoms with Gasteiger partial charge in [0.05, 0.1) is 13.0 Å². The van der Waals surface area contributed by atoms with E-state index in [1.807, 2.05) is 0 Å². The second-order valence-corrected chi connectivity index (χ2v) is 6.39. The van der Waals surface area contributed by atoms with E-state index in [9.17, 15) is 4.79 Å². The molecule has 3 nitrogen and oxygen atoms in total. The van der Waals surface area contributed by atoms with Crippen molar-refractivity contribution < 1.29 is 9.53 Å². The number of unbranched alkanes of at least 4 members (excludes halogenated alkanes) is 3. The molecule has 0 saturated heterocycles. The average molecular weight is 314 g/mol. The van der Waals surface area contributed by atoms with Gasteiger partial charge in [0.15, 0.2) is 0 Å². The molecule has 22 heavy (non-hydrogen) atoms. The summed E-state index contributed by atoms with van der Waals surface area (Å²) in [6.07, 6.45) is 10.2. The number of hydrogen-bond donors (Lipinski definition) is 0. The van der Waals surface area contributed by atoms with E-state index in [4.69, 9.17) is 4.74 Å². The Morgan fingerprint density at radius 3 is 2.23 bits per heavy atom. The molecule has 1 unspecified atom stereocenters. The van der Waals surface area contributed by atoms with Gasteiger partial charge in [-0.1, -0.05) is 59.8 Å². The third-order valence-electron chi connectivity index (χ3n) is 4.28. The lowest BCUT2D eigenvalue weighted by Crippen LogP contribution is -2.32. The molecule has 0 amide bonds. The SMILES string of the molecule is CCCCOC(=O)CCN(CCCC)CC(CC)CCCC. The van der Waals surface area contributed by atoms with Crippen molar-refractivity contribution in [2.45, 2.75) is 85.5 Å². The van der Waals surface area contributed by atoms with Gasteiger partial charge in [0.1, 0.15) is 0 Å². The Balaban J connectivity index is 4.16. The van der Waals surface area contributed by atoms with Gasteiger partial charge in [0.2, 0.25) is 0 Å². The van der Waals surface area contributed by atoms with Gasteiger partial charge < -0.3 is 9.64 Å². The summed E-state index contributed by atoms with van der Waals surface area (Å²) >= 11 is 0. The van der Waals surface area contributed by atoms with Crippen molar-refractivity contribution in [2.24, 2.45) is 5.92 Å². The molecular formula is C19H39NO2. The van der Waals surface area contributed by atoms with Crippen molar-refractivity contribution >= 4 is 5.97 Å². The summed E-state index contributed by atoms with van der Waals surface area (Å²) in [5, 5.41) is 0. The minimum atomic E-state index is -0.0310. The quantitative estimate of drug-likeness (QED) is 0.313. The zero-order valence-electron chi connectivity index (χ0n) is 15.5. The molecule has 0 aromatic rings. The van der Waals surface area contributed by atoms with Gasteiger partial charge >= 0.3 is 5.97 Å². The Hall–Kier alpha value is -0.570. The Labute approximate surface area is 138 Å². The van der Waals surface area contributed by atoms with Gasteiger partial charge in [-0.2, -0.15) is 0 Å². The minimum absolute atomic E-state index is 0.0310. The first kappa shape index (κ1) is 21.4. The molecule has 0 saturated carbocycles. The highest BCUT2D eigenvalue weighted by Crippen LogP contribution is 2.15. The van der Waals surface area contributed by atoms with E-state index < -0.39 is 0 Å². The lowest BCUT2D eigenvalue weighted by molar-refractivity contribution is -0.144. The van der Waals surface area contributed by atoms with Crippen LogP contribution < -0.4 is 0 Å². The molecule has 132 valence electrons. The third kappa shape index (κ3) is 12.0. The van der Waals surface area contributed by atoms with E-state index in [-0.39, 0.29) is 5.97 Å². The fraction of sp³-hybridized carbons (Fsp3) is 0.947. The summed E-state index contributed by atoms with van der Waals surface area (Å²) < 4.78 is 5.27. The van der Waals surface area contributed by atoms with E-state index in [0.29, 0.717) is 13.0 Å². The lowest BCUT2D eigenvalue weighted by Gasteiger charge is -2.26. The van der Waals surface area contributed by atoms with Gasteiger partial charge in [-0.15, -0.1) is 0 Å². The fourth-order valence-electron chi connectivity index (χ4n) is 2.61. The molecular weight excluding hydrogens is 274 g/mol. The van der Waals surface area contributed by atoms with Crippen molar-refractivity contribution in [3.8, 4) is 0 Å².